The monoisotopic (exact) mass is 334 g/mol. The number of carbonyl (C=O) groups excluding carboxylic acids is 1. The molecule has 1 aromatic carbocycles. The van der Waals surface area contributed by atoms with Gasteiger partial charge in [-0.2, -0.15) is 0 Å². The summed E-state index contributed by atoms with van der Waals surface area (Å²) in [7, 11) is -1.43. The smallest absolute Gasteiger partial charge is 0.266 e. The van der Waals surface area contributed by atoms with Crippen LogP contribution in [0.3, 0.4) is 0 Å². The molecule has 0 aliphatic carbocycles. The lowest BCUT2D eigenvalue weighted by Gasteiger charge is -2.16. The number of sulfonamides is 1. The van der Waals surface area contributed by atoms with Crippen molar-refractivity contribution in [3.8, 4) is 0 Å². The molecule has 0 atom stereocenters. The van der Waals surface area contributed by atoms with Gasteiger partial charge in [0.25, 0.3) is 15.9 Å². The number of halogens is 1. The van der Waals surface area contributed by atoms with Crippen molar-refractivity contribution in [3.05, 3.63) is 28.8 Å². The SMILES string of the molecule is CON(C)S(=O)(=O)c1cc(C(=O)NCC(C)C)ccc1Cl. The summed E-state index contributed by atoms with van der Waals surface area (Å²) in [6.45, 7) is 4.43. The van der Waals surface area contributed by atoms with Gasteiger partial charge in [0, 0.05) is 19.2 Å². The van der Waals surface area contributed by atoms with E-state index >= 15 is 0 Å². The third kappa shape index (κ3) is 4.41. The van der Waals surface area contributed by atoms with E-state index in [2.05, 4.69) is 10.2 Å². The molecule has 0 fully saturated rings. The third-order valence-electron chi connectivity index (χ3n) is 2.74. The molecule has 0 unspecified atom stereocenters. The molecule has 0 saturated heterocycles. The Kier molecular flexibility index (Phi) is 6.15. The van der Waals surface area contributed by atoms with Gasteiger partial charge in [0.2, 0.25) is 0 Å². The lowest BCUT2D eigenvalue weighted by molar-refractivity contribution is -0.0258. The third-order valence-corrected chi connectivity index (χ3v) is 4.90. The van der Waals surface area contributed by atoms with Crippen molar-refractivity contribution in [2.24, 2.45) is 5.92 Å². The molecule has 0 bridgehead atoms. The first-order chi connectivity index (χ1) is 9.70. The predicted molar refractivity (Wildman–Crippen MR) is 80.6 cm³/mol. The van der Waals surface area contributed by atoms with Gasteiger partial charge in [0.1, 0.15) is 4.90 Å². The molecule has 0 aromatic heterocycles. The Morgan fingerprint density at radius 1 is 1.43 bits per heavy atom. The highest BCUT2D eigenvalue weighted by Gasteiger charge is 2.25. The Hall–Kier alpha value is -1.15. The number of hydrogen-bond donors (Lipinski definition) is 1. The minimum absolute atomic E-state index is 0.0271. The normalized spacial score (nSPS) is 12.0. The van der Waals surface area contributed by atoms with Crippen molar-refractivity contribution < 1.29 is 18.0 Å². The van der Waals surface area contributed by atoms with Crippen LogP contribution in [0.4, 0.5) is 0 Å². The number of hydroxylamine groups is 1. The summed E-state index contributed by atoms with van der Waals surface area (Å²) < 4.78 is 25.1. The average molecular weight is 335 g/mol. The Morgan fingerprint density at radius 2 is 2.05 bits per heavy atom. The zero-order valence-corrected chi connectivity index (χ0v) is 14.0. The molecule has 1 aromatic rings. The molecule has 0 saturated carbocycles. The van der Waals surface area contributed by atoms with E-state index in [4.69, 9.17) is 11.6 Å². The van der Waals surface area contributed by atoms with E-state index in [0.717, 1.165) is 0 Å². The molecule has 21 heavy (non-hydrogen) atoms. The van der Waals surface area contributed by atoms with Crippen LogP contribution in [0.2, 0.25) is 5.02 Å². The van der Waals surface area contributed by atoms with Gasteiger partial charge < -0.3 is 5.32 Å². The van der Waals surface area contributed by atoms with Crippen LogP contribution >= 0.6 is 11.6 Å². The van der Waals surface area contributed by atoms with Crippen molar-refractivity contribution in [2.45, 2.75) is 18.7 Å². The molecule has 0 aliphatic rings. The van der Waals surface area contributed by atoms with E-state index in [1.165, 1.54) is 32.4 Å². The highest BCUT2D eigenvalue weighted by atomic mass is 35.5. The summed E-state index contributed by atoms with van der Waals surface area (Å²) in [5.74, 6) is -0.0547. The summed E-state index contributed by atoms with van der Waals surface area (Å²) in [6, 6.07) is 4.09. The Balaban J connectivity index is 3.14. The number of benzene rings is 1. The fraction of sp³-hybridized carbons (Fsp3) is 0.462. The number of carbonyl (C=O) groups is 1. The molecule has 0 radical (unpaired) electrons. The maximum Gasteiger partial charge on any atom is 0.266 e. The largest absolute Gasteiger partial charge is 0.352 e. The van der Waals surface area contributed by atoms with Gasteiger partial charge in [-0.3, -0.25) is 9.63 Å². The summed E-state index contributed by atoms with van der Waals surface area (Å²) in [4.78, 5) is 16.5. The van der Waals surface area contributed by atoms with Gasteiger partial charge in [-0.25, -0.2) is 8.42 Å². The van der Waals surface area contributed by atoms with Crippen LogP contribution in [0.15, 0.2) is 23.1 Å². The fourth-order valence-corrected chi connectivity index (χ4v) is 2.95. The second-order valence-corrected chi connectivity index (χ2v) is 7.16. The van der Waals surface area contributed by atoms with Gasteiger partial charge in [0.05, 0.1) is 12.1 Å². The van der Waals surface area contributed by atoms with E-state index in [-0.39, 0.29) is 21.4 Å². The molecule has 1 rings (SSSR count). The van der Waals surface area contributed by atoms with Crippen molar-refractivity contribution in [1.82, 2.24) is 9.79 Å². The fourth-order valence-electron chi connectivity index (χ4n) is 1.48. The van der Waals surface area contributed by atoms with Crippen molar-refractivity contribution in [2.75, 3.05) is 20.7 Å². The molecule has 1 amide bonds. The zero-order chi connectivity index (χ0) is 16.2. The van der Waals surface area contributed by atoms with Crippen LogP contribution in [0.1, 0.15) is 24.2 Å². The predicted octanol–water partition coefficient (Wildman–Crippen LogP) is 1.91. The minimum Gasteiger partial charge on any atom is -0.352 e. The quantitative estimate of drug-likeness (QED) is 0.806. The lowest BCUT2D eigenvalue weighted by Crippen LogP contribution is -2.29. The highest BCUT2D eigenvalue weighted by Crippen LogP contribution is 2.25. The van der Waals surface area contributed by atoms with Crippen molar-refractivity contribution in [1.29, 1.82) is 0 Å². The molecule has 0 spiro atoms. The molecule has 1 N–H and O–H groups in total. The maximum atomic E-state index is 12.2. The molecule has 8 heteroatoms. The number of amides is 1. The van der Waals surface area contributed by atoms with E-state index in [9.17, 15) is 13.2 Å². The lowest BCUT2D eigenvalue weighted by atomic mass is 10.2. The first-order valence-corrected chi connectivity index (χ1v) is 8.12. The number of rotatable bonds is 6. The molecule has 6 nitrogen and oxygen atoms in total. The van der Waals surface area contributed by atoms with E-state index in [0.29, 0.717) is 16.9 Å². The van der Waals surface area contributed by atoms with Crippen LogP contribution < -0.4 is 5.32 Å². The highest BCUT2D eigenvalue weighted by molar-refractivity contribution is 7.89. The van der Waals surface area contributed by atoms with Gasteiger partial charge in [-0.15, -0.1) is 0 Å². The van der Waals surface area contributed by atoms with Crippen molar-refractivity contribution in [3.63, 3.8) is 0 Å². The molecule has 0 heterocycles. The van der Waals surface area contributed by atoms with Gasteiger partial charge in [-0.1, -0.05) is 29.9 Å². The second kappa shape index (κ2) is 7.22. The van der Waals surface area contributed by atoms with E-state index in [1.807, 2.05) is 13.8 Å². The van der Waals surface area contributed by atoms with Crippen LogP contribution in [-0.4, -0.2) is 39.5 Å². The Labute approximate surface area is 130 Å². The molecule has 0 aliphatic heterocycles. The first-order valence-electron chi connectivity index (χ1n) is 6.31. The summed E-state index contributed by atoms with van der Waals surface area (Å²) in [5, 5.41) is 2.75. The molecular weight excluding hydrogens is 316 g/mol. The number of hydrogen-bond acceptors (Lipinski definition) is 4. The first kappa shape index (κ1) is 17.9. The van der Waals surface area contributed by atoms with Gasteiger partial charge in [0.15, 0.2) is 0 Å². The van der Waals surface area contributed by atoms with Crippen LogP contribution in [0, 0.1) is 5.92 Å². The summed E-state index contributed by atoms with van der Waals surface area (Å²) in [6.07, 6.45) is 0. The van der Waals surface area contributed by atoms with Crippen LogP contribution in [-0.2, 0) is 14.9 Å². The molecule has 118 valence electrons. The summed E-state index contributed by atoms with van der Waals surface area (Å²) >= 11 is 5.92. The Morgan fingerprint density at radius 3 is 2.57 bits per heavy atom. The summed E-state index contributed by atoms with van der Waals surface area (Å²) in [5.41, 5.74) is 0.225. The van der Waals surface area contributed by atoms with Crippen LogP contribution in [0.5, 0.6) is 0 Å². The standard InChI is InChI=1S/C13H19ClN2O4S/c1-9(2)8-15-13(17)10-5-6-11(14)12(7-10)21(18,19)16(3)20-4/h5-7,9H,8H2,1-4H3,(H,15,17). The maximum absolute atomic E-state index is 12.2. The minimum atomic E-state index is -3.91. The van der Waals surface area contributed by atoms with Crippen molar-refractivity contribution >= 4 is 27.5 Å². The zero-order valence-electron chi connectivity index (χ0n) is 12.4. The number of nitrogens with one attached hydrogen (secondary N) is 1. The average Bonchev–Trinajstić information content (AvgIpc) is 2.43. The van der Waals surface area contributed by atoms with E-state index in [1.54, 1.807) is 0 Å². The second-order valence-electron chi connectivity index (χ2n) is 4.85. The van der Waals surface area contributed by atoms with Gasteiger partial charge in [-0.05, 0) is 24.1 Å². The number of nitrogens with zero attached hydrogens (tertiary/aromatic N) is 1. The molecular formula is C13H19ClN2O4S. The topological polar surface area (TPSA) is 75.7 Å². The van der Waals surface area contributed by atoms with Crippen LogP contribution in [0.25, 0.3) is 0 Å². The Bertz CT molecular complexity index is 617. The van der Waals surface area contributed by atoms with E-state index < -0.39 is 10.0 Å². The van der Waals surface area contributed by atoms with Gasteiger partial charge >= 0.3 is 0 Å².